The lowest BCUT2D eigenvalue weighted by atomic mass is 10.1. The van der Waals surface area contributed by atoms with Gasteiger partial charge in [-0.1, -0.05) is 43.0 Å². The zero-order chi connectivity index (χ0) is 21.3. The Labute approximate surface area is 181 Å². The van der Waals surface area contributed by atoms with Gasteiger partial charge in [0.05, 0.1) is 17.5 Å². The number of benzene rings is 2. The molecule has 0 saturated carbocycles. The molecule has 0 radical (unpaired) electrons. The fourth-order valence-corrected chi connectivity index (χ4v) is 7.50. The second-order valence-electron chi connectivity index (χ2n) is 7.74. The summed E-state index contributed by atoms with van der Waals surface area (Å²) >= 11 is 1.46. The van der Waals surface area contributed by atoms with Gasteiger partial charge in [-0.15, -0.1) is 0 Å². The molecule has 1 saturated heterocycles. The van der Waals surface area contributed by atoms with E-state index in [1.54, 1.807) is 0 Å². The van der Waals surface area contributed by atoms with Gasteiger partial charge in [0.1, 0.15) is 6.54 Å². The van der Waals surface area contributed by atoms with Crippen LogP contribution in [-0.4, -0.2) is 48.8 Å². The van der Waals surface area contributed by atoms with Gasteiger partial charge in [0.2, 0.25) is 5.91 Å². The number of aryl methyl sites for hydroxylation is 2. The minimum Gasteiger partial charge on any atom is -0.325 e. The Kier molecular flexibility index (Phi) is 5.88. The van der Waals surface area contributed by atoms with Crippen LogP contribution in [-0.2, 0) is 21.1 Å². The topological polar surface area (TPSA) is 78.8 Å². The lowest BCUT2D eigenvalue weighted by Crippen LogP contribution is -2.36. The molecule has 0 aromatic heterocycles. The number of hydrogen-bond acceptors (Lipinski definition) is 6. The maximum atomic E-state index is 12.8. The SMILES string of the molecule is CCc1ccc(N(CC(=O)Nc2cccc(C)c2)C2=N[C@@H]3CS(=O)(=O)C[C@@H]3S2)cc1. The van der Waals surface area contributed by atoms with Crippen LogP contribution in [0.3, 0.4) is 0 Å². The molecule has 30 heavy (non-hydrogen) atoms. The Bertz CT molecular complexity index is 1080. The standard InChI is InChI=1S/C22H25N3O3S2/c1-3-16-7-9-18(10-8-16)25(12-21(26)23-17-6-4-5-15(2)11-17)22-24-19-13-30(27,28)14-20(19)29-22/h4-11,19-20H,3,12-14H2,1-2H3,(H,23,26)/t19-,20+/m1/s1. The largest absolute Gasteiger partial charge is 0.325 e. The van der Waals surface area contributed by atoms with Crippen LogP contribution in [0.4, 0.5) is 11.4 Å². The number of carbonyl (C=O) groups excluding carboxylic acids is 1. The Morgan fingerprint density at radius 2 is 1.97 bits per heavy atom. The lowest BCUT2D eigenvalue weighted by Gasteiger charge is -2.24. The maximum Gasteiger partial charge on any atom is 0.244 e. The monoisotopic (exact) mass is 443 g/mol. The number of fused-ring (bicyclic) bond motifs is 1. The minimum atomic E-state index is -3.02. The fourth-order valence-electron chi connectivity index (χ4n) is 3.72. The summed E-state index contributed by atoms with van der Waals surface area (Å²) < 4.78 is 23.8. The molecule has 4 rings (SSSR count). The van der Waals surface area contributed by atoms with Crippen molar-refractivity contribution in [2.75, 3.05) is 28.3 Å². The number of carbonyl (C=O) groups is 1. The van der Waals surface area contributed by atoms with Crippen molar-refractivity contribution in [2.24, 2.45) is 4.99 Å². The molecule has 0 spiro atoms. The molecule has 0 aliphatic carbocycles. The van der Waals surface area contributed by atoms with Crippen molar-refractivity contribution in [2.45, 2.75) is 31.6 Å². The normalized spacial score (nSPS) is 21.7. The van der Waals surface area contributed by atoms with Gasteiger partial charge in [-0.05, 0) is 48.7 Å². The molecule has 2 aliphatic rings. The van der Waals surface area contributed by atoms with E-state index < -0.39 is 9.84 Å². The molecule has 2 aromatic rings. The first-order valence-electron chi connectivity index (χ1n) is 10.0. The first-order valence-corrected chi connectivity index (χ1v) is 12.7. The van der Waals surface area contributed by atoms with Crippen molar-refractivity contribution in [3.8, 4) is 0 Å². The number of amides is 1. The van der Waals surface area contributed by atoms with Crippen LogP contribution in [0.15, 0.2) is 53.5 Å². The first kappa shape index (κ1) is 20.9. The fraction of sp³-hybridized carbons (Fsp3) is 0.364. The van der Waals surface area contributed by atoms with Crippen molar-refractivity contribution >= 4 is 44.0 Å². The predicted octanol–water partition coefficient (Wildman–Crippen LogP) is 3.27. The van der Waals surface area contributed by atoms with E-state index in [-0.39, 0.29) is 35.2 Å². The van der Waals surface area contributed by atoms with Gasteiger partial charge >= 0.3 is 0 Å². The number of rotatable bonds is 5. The summed E-state index contributed by atoms with van der Waals surface area (Å²) in [7, 11) is -3.02. The summed E-state index contributed by atoms with van der Waals surface area (Å²) in [6.07, 6.45) is 0.936. The van der Waals surface area contributed by atoms with Crippen LogP contribution < -0.4 is 10.2 Å². The van der Waals surface area contributed by atoms with Crippen LogP contribution in [0, 0.1) is 6.92 Å². The number of thioether (sulfide) groups is 1. The first-order chi connectivity index (χ1) is 14.3. The molecule has 6 nitrogen and oxygen atoms in total. The average molecular weight is 444 g/mol. The van der Waals surface area contributed by atoms with Gasteiger partial charge in [0.25, 0.3) is 0 Å². The summed E-state index contributed by atoms with van der Waals surface area (Å²) in [5, 5.41) is 3.60. The summed E-state index contributed by atoms with van der Waals surface area (Å²) in [5.74, 6) is 0.0906. The van der Waals surface area contributed by atoms with Gasteiger partial charge in [0, 0.05) is 16.6 Å². The number of nitrogens with zero attached hydrogens (tertiary/aromatic N) is 2. The highest BCUT2D eigenvalue weighted by atomic mass is 32.2. The van der Waals surface area contributed by atoms with E-state index in [4.69, 9.17) is 0 Å². The maximum absolute atomic E-state index is 12.8. The molecule has 2 atom stereocenters. The van der Waals surface area contributed by atoms with E-state index in [1.807, 2.05) is 60.4 Å². The zero-order valence-electron chi connectivity index (χ0n) is 17.0. The van der Waals surface area contributed by atoms with E-state index in [0.717, 1.165) is 23.4 Å². The second kappa shape index (κ2) is 8.43. The minimum absolute atomic E-state index is 0.0674. The number of sulfone groups is 1. The van der Waals surface area contributed by atoms with Crippen LogP contribution in [0.25, 0.3) is 0 Å². The van der Waals surface area contributed by atoms with E-state index in [2.05, 4.69) is 17.2 Å². The molecule has 1 N–H and O–H groups in total. The number of aliphatic imine (C=N–C) groups is 1. The molecule has 8 heteroatoms. The third kappa shape index (κ3) is 4.70. The van der Waals surface area contributed by atoms with Gasteiger partial charge in [0.15, 0.2) is 15.0 Å². The Hall–Kier alpha value is -2.32. The molecule has 1 fully saturated rings. The van der Waals surface area contributed by atoms with E-state index in [1.165, 1.54) is 17.3 Å². The number of anilines is 2. The zero-order valence-corrected chi connectivity index (χ0v) is 18.7. The van der Waals surface area contributed by atoms with Gasteiger partial charge in [-0.2, -0.15) is 0 Å². The quantitative estimate of drug-likeness (QED) is 0.767. The van der Waals surface area contributed by atoms with E-state index >= 15 is 0 Å². The highest BCUT2D eigenvalue weighted by molar-refractivity contribution is 8.15. The summed E-state index contributed by atoms with van der Waals surface area (Å²) in [5.41, 5.74) is 3.92. The van der Waals surface area contributed by atoms with Gasteiger partial charge < -0.3 is 10.2 Å². The highest BCUT2D eigenvalue weighted by Crippen LogP contribution is 2.36. The van der Waals surface area contributed by atoms with Crippen LogP contribution in [0.2, 0.25) is 0 Å². The molecule has 0 unspecified atom stereocenters. The van der Waals surface area contributed by atoms with Crippen LogP contribution >= 0.6 is 11.8 Å². The van der Waals surface area contributed by atoms with Gasteiger partial charge in [-0.3, -0.25) is 9.79 Å². The predicted molar refractivity (Wildman–Crippen MR) is 124 cm³/mol. The molecule has 2 heterocycles. The number of amidine groups is 1. The third-order valence-corrected chi connectivity index (χ3v) is 8.54. The van der Waals surface area contributed by atoms with Crippen molar-refractivity contribution in [3.05, 3.63) is 59.7 Å². The lowest BCUT2D eigenvalue weighted by molar-refractivity contribution is -0.114. The Morgan fingerprint density at radius 1 is 1.20 bits per heavy atom. The molecule has 2 aliphatic heterocycles. The summed E-state index contributed by atoms with van der Waals surface area (Å²) in [6.45, 7) is 4.19. The van der Waals surface area contributed by atoms with Crippen LogP contribution in [0.5, 0.6) is 0 Å². The van der Waals surface area contributed by atoms with Crippen molar-refractivity contribution in [3.63, 3.8) is 0 Å². The molecule has 0 bridgehead atoms. The third-order valence-electron chi connectivity index (χ3n) is 5.30. The number of hydrogen-bond donors (Lipinski definition) is 1. The second-order valence-corrected chi connectivity index (χ2v) is 11.1. The highest BCUT2D eigenvalue weighted by Gasteiger charge is 2.44. The van der Waals surface area contributed by atoms with Gasteiger partial charge in [-0.25, -0.2) is 8.42 Å². The molecule has 2 aromatic carbocycles. The smallest absolute Gasteiger partial charge is 0.244 e. The van der Waals surface area contributed by atoms with Crippen molar-refractivity contribution in [1.29, 1.82) is 0 Å². The van der Waals surface area contributed by atoms with Crippen LogP contribution in [0.1, 0.15) is 18.1 Å². The average Bonchev–Trinajstić information content (AvgIpc) is 3.19. The molecule has 1 amide bonds. The molecular weight excluding hydrogens is 418 g/mol. The summed E-state index contributed by atoms with van der Waals surface area (Å²) in [6, 6.07) is 15.5. The molecule has 158 valence electrons. The molecular formula is C22H25N3O3S2. The van der Waals surface area contributed by atoms with Crippen molar-refractivity contribution < 1.29 is 13.2 Å². The van der Waals surface area contributed by atoms with E-state index in [9.17, 15) is 13.2 Å². The Balaban J connectivity index is 1.57. The van der Waals surface area contributed by atoms with E-state index in [0.29, 0.717) is 5.17 Å². The summed E-state index contributed by atoms with van der Waals surface area (Å²) in [4.78, 5) is 19.4. The Morgan fingerprint density at radius 3 is 2.63 bits per heavy atom. The number of nitrogens with one attached hydrogen (secondary N) is 1. The van der Waals surface area contributed by atoms with Crippen molar-refractivity contribution in [1.82, 2.24) is 0 Å².